The van der Waals surface area contributed by atoms with Crippen LogP contribution in [0.1, 0.15) is 29.3 Å². The number of hydrogen-bond donors (Lipinski definition) is 2. The fourth-order valence-electron chi connectivity index (χ4n) is 2.06. The lowest BCUT2D eigenvalue weighted by atomic mass is 9.91. The van der Waals surface area contributed by atoms with E-state index in [2.05, 4.69) is 10.3 Å². The summed E-state index contributed by atoms with van der Waals surface area (Å²) in [7, 11) is 0. The minimum absolute atomic E-state index is 0.0866. The fraction of sp³-hybridized carbons (Fsp3) is 0.636. The minimum Gasteiger partial charge on any atom is -0.481 e. The van der Waals surface area contributed by atoms with Gasteiger partial charge in [-0.05, 0) is 31.0 Å². The number of carboxylic acid groups (broad SMARTS) is 1. The van der Waals surface area contributed by atoms with Crippen molar-refractivity contribution in [1.29, 1.82) is 0 Å². The molecule has 0 fully saturated rings. The van der Waals surface area contributed by atoms with E-state index in [0.717, 1.165) is 17.7 Å². The number of aromatic nitrogens is 1. The first-order valence-electron chi connectivity index (χ1n) is 6.04. The third-order valence-electron chi connectivity index (χ3n) is 2.90. The third-order valence-corrected chi connectivity index (χ3v) is 4.72. The largest absolute Gasteiger partial charge is 0.481 e. The highest BCUT2D eigenvalue weighted by atomic mass is 32.2. The van der Waals surface area contributed by atoms with Crippen LogP contribution >= 0.6 is 23.1 Å². The topological polar surface area (TPSA) is 62.2 Å². The van der Waals surface area contributed by atoms with Gasteiger partial charge in [0, 0.05) is 17.2 Å². The molecule has 1 aliphatic rings. The van der Waals surface area contributed by atoms with Gasteiger partial charge in [-0.2, -0.15) is 13.2 Å². The summed E-state index contributed by atoms with van der Waals surface area (Å²) in [6.45, 7) is 0.147. The third kappa shape index (κ3) is 4.02. The number of aliphatic carboxylic acids is 1. The number of halogens is 3. The molecule has 1 heterocycles. The molecule has 9 heteroatoms. The molecule has 0 bridgehead atoms. The average molecular weight is 326 g/mol. The number of alkyl halides is 3. The standard InChI is InChI=1S/C11H13F3N2O2S2/c12-11(13,14)19-5-4-15-10-16-8-6(9(17)18)2-1-3-7(8)20-10/h6H,1-5H2,(H,15,16)(H,17,18). The monoisotopic (exact) mass is 326 g/mol. The number of thiazole rings is 1. The molecule has 0 radical (unpaired) electrons. The van der Waals surface area contributed by atoms with Crippen LogP contribution in [0.2, 0.25) is 0 Å². The van der Waals surface area contributed by atoms with Crippen LogP contribution in [0.25, 0.3) is 0 Å². The zero-order valence-electron chi connectivity index (χ0n) is 10.4. The first-order chi connectivity index (χ1) is 9.37. The summed E-state index contributed by atoms with van der Waals surface area (Å²) in [6, 6.07) is 0. The van der Waals surface area contributed by atoms with Crippen molar-refractivity contribution in [2.75, 3.05) is 17.6 Å². The second-order valence-corrected chi connectivity index (χ2v) is 6.57. The van der Waals surface area contributed by atoms with Crippen LogP contribution in [-0.4, -0.2) is 33.9 Å². The maximum atomic E-state index is 12.0. The number of rotatable bonds is 5. The molecule has 1 unspecified atom stereocenters. The maximum absolute atomic E-state index is 12.0. The Morgan fingerprint density at radius 2 is 2.30 bits per heavy atom. The van der Waals surface area contributed by atoms with Gasteiger partial charge in [0.15, 0.2) is 5.13 Å². The molecule has 0 aromatic carbocycles. The Morgan fingerprint density at radius 3 is 2.95 bits per heavy atom. The number of nitrogens with one attached hydrogen (secondary N) is 1. The summed E-state index contributed by atoms with van der Waals surface area (Å²) in [5.41, 5.74) is -3.65. The van der Waals surface area contributed by atoms with Crippen molar-refractivity contribution >= 4 is 34.2 Å². The van der Waals surface area contributed by atoms with Gasteiger partial charge in [-0.15, -0.1) is 11.3 Å². The van der Waals surface area contributed by atoms with Gasteiger partial charge in [-0.25, -0.2) is 4.98 Å². The first kappa shape index (κ1) is 15.4. The van der Waals surface area contributed by atoms with Crippen molar-refractivity contribution in [1.82, 2.24) is 4.98 Å². The zero-order valence-corrected chi connectivity index (χ0v) is 12.0. The SMILES string of the molecule is O=C(O)C1CCCc2sc(NCCSC(F)(F)F)nc21. The van der Waals surface area contributed by atoms with Gasteiger partial charge in [0.25, 0.3) is 0 Å². The van der Waals surface area contributed by atoms with E-state index in [4.69, 9.17) is 5.11 Å². The molecule has 1 aliphatic carbocycles. The molecule has 0 amide bonds. The van der Waals surface area contributed by atoms with E-state index in [1.54, 1.807) is 0 Å². The van der Waals surface area contributed by atoms with Gasteiger partial charge in [0.05, 0.1) is 5.69 Å². The molecule has 4 nitrogen and oxygen atoms in total. The van der Waals surface area contributed by atoms with E-state index in [-0.39, 0.29) is 24.1 Å². The number of thioether (sulfide) groups is 1. The Hall–Kier alpha value is -0.960. The average Bonchev–Trinajstić information content (AvgIpc) is 2.75. The summed E-state index contributed by atoms with van der Waals surface area (Å²) in [5, 5.41) is 12.4. The summed E-state index contributed by atoms with van der Waals surface area (Å²) in [5.74, 6) is -1.58. The van der Waals surface area contributed by atoms with Crippen molar-refractivity contribution in [3.05, 3.63) is 10.6 Å². The molecule has 2 N–H and O–H groups in total. The number of hydrogen-bond acceptors (Lipinski definition) is 5. The summed E-state index contributed by atoms with van der Waals surface area (Å²) >= 11 is 1.25. The molecule has 20 heavy (non-hydrogen) atoms. The van der Waals surface area contributed by atoms with E-state index in [0.29, 0.717) is 17.2 Å². The molecule has 0 saturated heterocycles. The number of aryl methyl sites for hydroxylation is 1. The molecule has 1 aromatic rings. The van der Waals surface area contributed by atoms with E-state index < -0.39 is 17.4 Å². The summed E-state index contributed by atoms with van der Waals surface area (Å²) < 4.78 is 35.9. The molecule has 2 rings (SSSR count). The first-order valence-corrected chi connectivity index (χ1v) is 7.84. The highest BCUT2D eigenvalue weighted by molar-refractivity contribution is 8.00. The van der Waals surface area contributed by atoms with Crippen molar-refractivity contribution in [3.63, 3.8) is 0 Å². The Balaban J connectivity index is 1.93. The molecule has 1 atom stereocenters. The quantitative estimate of drug-likeness (QED) is 0.813. The number of carboxylic acids is 1. The lowest BCUT2D eigenvalue weighted by Gasteiger charge is -2.16. The van der Waals surface area contributed by atoms with Crippen molar-refractivity contribution in [2.45, 2.75) is 30.7 Å². The van der Waals surface area contributed by atoms with Gasteiger partial charge in [0.2, 0.25) is 0 Å². The Morgan fingerprint density at radius 1 is 1.55 bits per heavy atom. The van der Waals surface area contributed by atoms with Crippen LogP contribution in [0.3, 0.4) is 0 Å². The molecule has 0 saturated carbocycles. The molecule has 112 valence electrons. The van der Waals surface area contributed by atoms with Crippen LogP contribution < -0.4 is 5.32 Å². The van der Waals surface area contributed by atoms with Gasteiger partial charge in [-0.1, -0.05) is 0 Å². The normalized spacial score (nSPS) is 18.6. The molecular formula is C11H13F3N2O2S2. The van der Waals surface area contributed by atoms with Gasteiger partial charge in [0.1, 0.15) is 5.92 Å². The smallest absolute Gasteiger partial charge is 0.441 e. The molecule has 0 spiro atoms. The predicted octanol–water partition coefficient (Wildman–Crippen LogP) is 3.31. The van der Waals surface area contributed by atoms with Crippen LogP contribution in [-0.2, 0) is 11.2 Å². The Kier molecular flexibility index (Phi) is 4.79. The van der Waals surface area contributed by atoms with E-state index in [9.17, 15) is 18.0 Å². The maximum Gasteiger partial charge on any atom is 0.441 e. The molecular weight excluding hydrogens is 313 g/mol. The van der Waals surface area contributed by atoms with E-state index in [1.807, 2.05) is 0 Å². The Bertz CT molecular complexity index is 491. The second-order valence-electron chi connectivity index (χ2n) is 4.33. The second kappa shape index (κ2) is 6.21. The number of carbonyl (C=O) groups is 1. The molecule has 0 aliphatic heterocycles. The number of fused-ring (bicyclic) bond motifs is 1. The van der Waals surface area contributed by atoms with Gasteiger partial charge >= 0.3 is 11.5 Å². The van der Waals surface area contributed by atoms with Crippen LogP contribution in [0.15, 0.2) is 0 Å². The zero-order chi connectivity index (χ0) is 14.8. The van der Waals surface area contributed by atoms with Crippen molar-refractivity contribution in [2.24, 2.45) is 0 Å². The highest BCUT2D eigenvalue weighted by Crippen LogP contribution is 2.37. The predicted molar refractivity (Wildman–Crippen MR) is 72.4 cm³/mol. The number of nitrogens with zero attached hydrogens (tertiary/aromatic N) is 1. The Labute approximate surface area is 121 Å². The van der Waals surface area contributed by atoms with Gasteiger partial charge in [-0.3, -0.25) is 4.79 Å². The lowest BCUT2D eigenvalue weighted by Crippen LogP contribution is -2.17. The van der Waals surface area contributed by atoms with Crippen LogP contribution in [0.4, 0.5) is 18.3 Å². The van der Waals surface area contributed by atoms with Crippen LogP contribution in [0.5, 0.6) is 0 Å². The highest BCUT2D eigenvalue weighted by Gasteiger charge is 2.30. The van der Waals surface area contributed by atoms with Crippen molar-refractivity contribution in [3.8, 4) is 0 Å². The van der Waals surface area contributed by atoms with Gasteiger partial charge < -0.3 is 10.4 Å². The fourth-order valence-corrected chi connectivity index (χ4v) is 3.59. The lowest BCUT2D eigenvalue weighted by molar-refractivity contribution is -0.139. The number of anilines is 1. The van der Waals surface area contributed by atoms with Crippen molar-refractivity contribution < 1.29 is 23.1 Å². The summed E-state index contributed by atoms with van der Waals surface area (Å²) in [6.07, 6.45) is 2.15. The van der Waals surface area contributed by atoms with Crippen LogP contribution in [0, 0.1) is 0 Å². The van der Waals surface area contributed by atoms with E-state index >= 15 is 0 Å². The molecule has 1 aromatic heterocycles. The summed E-state index contributed by atoms with van der Waals surface area (Å²) in [4.78, 5) is 16.3. The minimum atomic E-state index is -4.22. The van der Waals surface area contributed by atoms with E-state index in [1.165, 1.54) is 11.3 Å².